The molecular formula is C10H21NO. The highest BCUT2D eigenvalue weighted by atomic mass is 16.3. The Morgan fingerprint density at radius 3 is 2.58 bits per heavy atom. The van der Waals surface area contributed by atoms with Crippen molar-refractivity contribution >= 4 is 0 Å². The molecular weight excluding hydrogens is 150 g/mol. The number of hydrogen-bond acceptors (Lipinski definition) is 2. The van der Waals surface area contributed by atoms with Crippen molar-refractivity contribution < 1.29 is 5.11 Å². The molecule has 3 N–H and O–H groups in total. The lowest BCUT2D eigenvalue weighted by Gasteiger charge is -2.19. The fourth-order valence-corrected chi connectivity index (χ4v) is 1.64. The summed E-state index contributed by atoms with van der Waals surface area (Å²) < 4.78 is 0. The first-order chi connectivity index (χ1) is 5.77. The molecule has 72 valence electrons. The van der Waals surface area contributed by atoms with E-state index in [-0.39, 0.29) is 6.10 Å². The van der Waals surface area contributed by atoms with Crippen molar-refractivity contribution in [2.75, 3.05) is 6.54 Å². The van der Waals surface area contributed by atoms with Gasteiger partial charge in [0.15, 0.2) is 0 Å². The number of nitrogens with two attached hydrogens (primary N) is 1. The largest absolute Gasteiger partial charge is 0.393 e. The molecule has 2 unspecified atom stereocenters. The average molecular weight is 171 g/mol. The topological polar surface area (TPSA) is 46.2 Å². The highest BCUT2D eigenvalue weighted by Crippen LogP contribution is 2.34. The Balaban J connectivity index is 2.10. The minimum absolute atomic E-state index is 0.152. The summed E-state index contributed by atoms with van der Waals surface area (Å²) in [7, 11) is 0. The molecule has 0 amide bonds. The molecule has 0 heterocycles. The zero-order valence-electron chi connectivity index (χ0n) is 8.00. The molecule has 1 fully saturated rings. The van der Waals surface area contributed by atoms with E-state index in [0.717, 1.165) is 18.8 Å². The summed E-state index contributed by atoms with van der Waals surface area (Å²) in [6.07, 6.45) is 5.78. The molecule has 2 atom stereocenters. The van der Waals surface area contributed by atoms with Gasteiger partial charge in [-0.25, -0.2) is 0 Å². The highest BCUT2D eigenvalue weighted by molar-refractivity contribution is 4.76. The number of rotatable bonds is 6. The number of aliphatic hydroxyl groups is 1. The van der Waals surface area contributed by atoms with Crippen LogP contribution in [0.1, 0.15) is 39.0 Å². The second-order valence-corrected chi connectivity index (χ2v) is 3.99. The zero-order valence-corrected chi connectivity index (χ0v) is 8.00. The van der Waals surface area contributed by atoms with Gasteiger partial charge in [-0.1, -0.05) is 19.8 Å². The van der Waals surface area contributed by atoms with Crippen LogP contribution in [0.25, 0.3) is 0 Å². The van der Waals surface area contributed by atoms with Gasteiger partial charge in [0.2, 0.25) is 0 Å². The molecule has 1 saturated carbocycles. The second-order valence-electron chi connectivity index (χ2n) is 3.99. The van der Waals surface area contributed by atoms with Gasteiger partial charge in [-0.3, -0.25) is 0 Å². The van der Waals surface area contributed by atoms with E-state index in [1.54, 1.807) is 0 Å². The standard InChI is InChI=1S/C10H21NO/c1-2-9(7-11)10(12)6-5-8-3-4-8/h8-10,12H,2-7,11H2,1H3. The van der Waals surface area contributed by atoms with E-state index in [0.29, 0.717) is 12.5 Å². The molecule has 0 aromatic carbocycles. The highest BCUT2D eigenvalue weighted by Gasteiger charge is 2.23. The first-order valence-electron chi connectivity index (χ1n) is 5.16. The molecule has 1 rings (SSSR count). The predicted molar refractivity (Wildman–Crippen MR) is 50.8 cm³/mol. The van der Waals surface area contributed by atoms with Crippen molar-refractivity contribution in [1.29, 1.82) is 0 Å². The van der Waals surface area contributed by atoms with Crippen LogP contribution in [0.5, 0.6) is 0 Å². The molecule has 0 aliphatic heterocycles. The Morgan fingerprint density at radius 2 is 2.17 bits per heavy atom. The van der Waals surface area contributed by atoms with E-state index in [2.05, 4.69) is 6.92 Å². The van der Waals surface area contributed by atoms with E-state index in [1.807, 2.05) is 0 Å². The molecule has 2 heteroatoms. The second kappa shape index (κ2) is 4.83. The summed E-state index contributed by atoms with van der Waals surface area (Å²) in [5.41, 5.74) is 5.55. The van der Waals surface area contributed by atoms with Crippen LogP contribution in [0.15, 0.2) is 0 Å². The van der Waals surface area contributed by atoms with Gasteiger partial charge in [-0.15, -0.1) is 0 Å². The van der Waals surface area contributed by atoms with Crippen LogP contribution < -0.4 is 5.73 Å². The van der Waals surface area contributed by atoms with Gasteiger partial charge in [0.1, 0.15) is 0 Å². The fraction of sp³-hybridized carbons (Fsp3) is 1.00. The molecule has 12 heavy (non-hydrogen) atoms. The van der Waals surface area contributed by atoms with Gasteiger partial charge in [-0.05, 0) is 37.6 Å². The normalized spacial score (nSPS) is 22.2. The first-order valence-corrected chi connectivity index (χ1v) is 5.16. The first kappa shape index (κ1) is 10.0. The van der Waals surface area contributed by atoms with Gasteiger partial charge in [-0.2, -0.15) is 0 Å². The van der Waals surface area contributed by atoms with Crippen molar-refractivity contribution in [2.24, 2.45) is 17.6 Å². The molecule has 0 spiro atoms. The minimum Gasteiger partial charge on any atom is -0.393 e. The summed E-state index contributed by atoms with van der Waals surface area (Å²) >= 11 is 0. The van der Waals surface area contributed by atoms with E-state index < -0.39 is 0 Å². The van der Waals surface area contributed by atoms with Crippen LogP contribution >= 0.6 is 0 Å². The van der Waals surface area contributed by atoms with Gasteiger partial charge in [0, 0.05) is 0 Å². The molecule has 1 aliphatic carbocycles. The van der Waals surface area contributed by atoms with Crippen LogP contribution in [0.4, 0.5) is 0 Å². The number of aliphatic hydroxyl groups excluding tert-OH is 1. The Morgan fingerprint density at radius 1 is 1.50 bits per heavy atom. The smallest absolute Gasteiger partial charge is 0.0580 e. The maximum atomic E-state index is 9.71. The van der Waals surface area contributed by atoms with E-state index in [9.17, 15) is 5.11 Å². The maximum absolute atomic E-state index is 9.71. The van der Waals surface area contributed by atoms with Crippen molar-refractivity contribution in [2.45, 2.75) is 45.1 Å². The summed E-state index contributed by atoms with van der Waals surface area (Å²) in [5, 5.41) is 9.71. The fourth-order valence-electron chi connectivity index (χ4n) is 1.64. The van der Waals surface area contributed by atoms with E-state index in [1.165, 1.54) is 19.3 Å². The summed E-state index contributed by atoms with van der Waals surface area (Å²) in [5.74, 6) is 1.25. The summed E-state index contributed by atoms with van der Waals surface area (Å²) in [6.45, 7) is 2.72. The Bertz CT molecular complexity index is 119. The third kappa shape index (κ3) is 3.11. The van der Waals surface area contributed by atoms with Crippen molar-refractivity contribution in [3.63, 3.8) is 0 Å². The number of hydrogen-bond donors (Lipinski definition) is 2. The van der Waals surface area contributed by atoms with Crippen molar-refractivity contribution in [3.8, 4) is 0 Å². The van der Waals surface area contributed by atoms with Gasteiger partial charge < -0.3 is 10.8 Å². The molecule has 0 aromatic heterocycles. The van der Waals surface area contributed by atoms with Gasteiger partial charge in [0.25, 0.3) is 0 Å². The average Bonchev–Trinajstić information content (AvgIpc) is 2.86. The van der Waals surface area contributed by atoms with Crippen LogP contribution in [0, 0.1) is 11.8 Å². The molecule has 0 radical (unpaired) electrons. The lowest BCUT2D eigenvalue weighted by atomic mass is 9.95. The Labute approximate surface area is 75.2 Å². The van der Waals surface area contributed by atoms with Crippen LogP contribution in [0.2, 0.25) is 0 Å². The van der Waals surface area contributed by atoms with Crippen molar-refractivity contribution in [3.05, 3.63) is 0 Å². The van der Waals surface area contributed by atoms with Crippen LogP contribution in [0.3, 0.4) is 0 Å². The SMILES string of the molecule is CCC(CN)C(O)CCC1CC1. The predicted octanol–water partition coefficient (Wildman–Crippen LogP) is 1.52. The third-order valence-electron chi connectivity index (χ3n) is 2.94. The van der Waals surface area contributed by atoms with Crippen LogP contribution in [-0.4, -0.2) is 17.8 Å². The molecule has 1 aliphatic rings. The molecule has 0 bridgehead atoms. The van der Waals surface area contributed by atoms with Crippen LogP contribution in [-0.2, 0) is 0 Å². The van der Waals surface area contributed by atoms with Gasteiger partial charge in [0.05, 0.1) is 6.10 Å². The maximum Gasteiger partial charge on any atom is 0.0580 e. The summed E-state index contributed by atoms with van der Waals surface area (Å²) in [4.78, 5) is 0. The third-order valence-corrected chi connectivity index (χ3v) is 2.94. The molecule has 2 nitrogen and oxygen atoms in total. The summed E-state index contributed by atoms with van der Waals surface area (Å²) in [6, 6.07) is 0. The Hall–Kier alpha value is -0.0800. The Kier molecular flexibility index (Phi) is 4.02. The van der Waals surface area contributed by atoms with E-state index in [4.69, 9.17) is 5.73 Å². The minimum atomic E-state index is -0.152. The lowest BCUT2D eigenvalue weighted by Crippen LogP contribution is -2.27. The van der Waals surface area contributed by atoms with E-state index >= 15 is 0 Å². The quantitative estimate of drug-likeness (QED) is 0.636. The zero-order chi connectivity index (χ0) is 8.97. The van der Waals surface area contributed by atoms with Gasteiger partial charge >= 0.3 is 0 Å². The lowest BCUT2D eigenvalue weighted by molar-refractivity contribution is 0.0967. The molecule has 0 saturated heterocycles. The van der Waals surface area contributed by atoms with Crippen molar-refractivity contribution in [1.82, 2.24) is 0 Å². The molecule has 0 aromatic rings. The monoisotopic (exact) mass is 171 g/mol.